The van der Waals surface area contributed by atoms with Gasteiger partial charge in [-0.1, -0.05) is 54.1 Å². The van der Waals surface area contributed by atoms with Gasteiger partial charge in [0.2, 0.25) is 0 Å². The lowest BCUT2D eigenvalue weighted by atomic mass is 9.97. The zero-order valence-electron chi connectivity index (χ0n) is 10.2. The first-order valence-electron chi connectivity index (χ1n) is 5.77. The summed E-state index contributed by atoms with van der Waals surface area (Å²) in [6, 6.07) is 8.77. The van der Waals surface area contributed by atoms with E-state index in [1.165, 1.54) is 27.4 Å². The molecule has 16 heavy (non-hydrogen) atoms. The Kier molecular flexibility index (Phi) is 3.55. The second-order valence-corrected chi connectivity index (χ2v) is 5.75. The summed E-state index contributed by atoms with van der Waals surface area (Å²) in [6.07, 6.45) is 5.72. The Morgan fingerprint density at radius 2 is 1.75 bits per heavy atom. The van der Waals surface area contributed by atoms with Crippen molar-refractivity contribution in [1.82, 2.24) is 0 Å². The Hall–Kier alpha value is -0.950. The molecule has 0 heterocycles. The minimum absolute atomic E-state index is 0.663. The summed E-state index contributed by atoms with van der Waals surface area (Å²) in [5.74, 6) is 0.663. The van der Waals surface area contributed by atoms with Gasteiger partial charge >= 0.3 is 0 Å². The van der Waals surface area contributed by atoms with Crippen molar-refractivity contribution in [3.63, 3.8) is 0 Å². The van der Waals surface area contributed by atoms with Crippen molar-refractivity contribution < 1.29 is 0 Å². The summed E-state index contributed by atoms with van der Waals surface area (Å²) in [4.78, 5) is 2.83. The van der Waals surface area contributed by atoms with E-state index in [0.29, 0.717) is 5.92 Å². The molecule has 2 rings (SSSR count). The highest BCUT2D eigenvalue weighted by atomic mass is 32.2. The summed E-state index contributed by atoms with van der Waals surface area (Å²) in [6.45, 7) is 6.65. The van der Waals surface area contributed by atoms with E-state index < -0.39 is 0 Å². The summed E-state index contributed by atoms with van der Waals surface area (Å²) < 4.78 is 0. The van der Waals surface area contributed by atoms with Gasteiger partial charge in [-0.2, -0.15) is 0 Å². The van der Waals surface area contributed by atoms with Crippen LogP contribution >= 0.6 is 11.8 Å². The largest absolute Gasteiger partial charge is 0.0943 e. The second kappa shape index (κ2) is 4.92. The number of benzene rings is 1. The van der Waals surface area contributed by atoms with Crippen molar-refractivity contribution in [3.05, 3.63) is 52.5 Å². The SMILES string of the molecule is CC1=CC=C(Sc2ccc(C)cc2)C(C)C1. The van der Waals surface area contributed by atoms with Crippen LogP contribution in [0, 0.1) is 12.8 Å². The molecule has 0 amide bonds. The van der Waals surface area contributed by atoms with E-state index in [2.05, 4.69) is 57.2 Å². The molecule has 0 radical (unpaired) electrons. The standard InChI is InChI=1S/C15H18S/c1-11-4-7-14(8-5-11)16-15-9-6-12(2)10-13(15)3/h4-9,13H,10H2,1-3H3. The molecule has 0 N–H and O–H groups in total. The van der Waals surface area contributed by atoms with Crippen LogP contribution in [0.4, 0.5) is 0 Å². The fraction of sp³-hybridized carbons (Fsp3) is 0.333. The van der Waals surface area contributed by atoms with E-state index in [0.717, 1.165) is 0 Å². The molecular formula is C15H18S. The van der Waals surface area contributed by atoms with Gasteiger partial charge in [-0.15, -0.1) is 0 Å². The van der Waals surface area contributed by atoms with Crippen LogP contribution in [0.2, 0.25) is 0 Å². The van der Waals surface area contributed by atoms with Gasteiger partial charge in [0.15, 0.2) is 0 Å². The van der Waals surface area contributed by atoms with E-state index in [-0.39, 0.29) is 0 Å². The highest BCUT2D eigenvalue weighted by Crippen LogP contribution is 2.37. The van der Waals surface area contributed by atoms with Crippen molar-refractivity contribution in [1.29, 1.82) is 0 Å². The van der Waals surface area contributed by atoms with Crippen molar-refractivity contribution in [2.24, 2.45) is 5.92 Å². The lowest BCUT2D eigenvalue weighted by Gasteiger charge is -2.19. The molecule has 0 fully saturated rings. The van der Waals surface area contributed by atoms with Gasteiger partial charge in [0.05, 0.1) is 0 Å². The molecule has 84 valence electrons. The first-order chi connectivity index (χ1) is 7.65. The Balaban J connectivity index is 2.13. The fourth-order valence-electron chi connectivity index (χ4n) is 1.92. The molecule has 0 saturated heterocycles. The molecule has 0 aromatic heterocycles. The van der Waals surface area contributed by atoms with Gasteiger partial charge in [-0.05, 0) is 43.2 Å². The number of allylic oxidation sites excluding steroid dienone is 4. The van der Waals surface area contributed by atoms with Crippen LogP contribution in [0.5, 0.6) is 0 Å². The van der Waals surface area contributed by atoms with Crippen LogP contribution in [-0.4, -0.2) is 0 Å². The molecule has 1 aromatic rings. The molecule has 1 heteroatoms. The first kappa shape index (κ1) is 11.5. The quantitative estimate of drug-likeness (QED) is 0.692. The minimum atomic E-state index is 0.663. The fourth-order valence-corrected chi connectivity index (χ4v) is 2.88. The maximum absolute atomic E-state index is 2.31. The van der Waals surface area contributed by atoms with Crippen LogP contribution in [0.1, 0.15) is 25.8 Å². The Labute approximate surface area is 102 Å². The first-order valence-corrected chi connectivity index (χ1v) is 6.58. The highest BCUT2D eigenvalue weighted by Gasteiger charge is 2.13. The summed E-state index contributed by atoms with van der Waals surface area (Å²) in [5.41, 5.74) is 2.81. The third kappa shape index (κ3) is 2.79. The molecule has 1 aliphatic rings. The summed E-state index contributed by atoms with van der Waals surface area (Å²) in [5, 5.41) is 0. The number of rotatable bonds is 2. The molecule has 0 bridgehead atoms. The van der Waals surface area contributed by atoms with E-state index in [9.17, 15) is 0 Å². The monoisotopic (exact) mass is 230 g/mol. The molecule has 1 atom stereocenters. The third-order valence-corrected chi connectivity index (χ3v) is 4.18. The topological polar surface area (TPSA) is 0 Å². The molecule has 1 aromatic carbocycles. The van der Waals surface area contributed by atoms with Crippen molar-refractivity contribution >= 4 is 11.8 Å². The van der Waals surface area contributed by atoms with Crippen molar-refractivity contribution in [3.8, 4) is 0 Å². The number of hydrogen-bond donors (Lipinski definition) is 0. The molecular weight excluding hydrogens is 212 g/mol. The van der Waals surface area contributed by atoms with Gasteiger partial charge in [-0.3, -0.25) is 0 Å². The van der Waals surface area contributed by atoms with E-state index in [1.807, 2.05) is 11.8 Å². The van der Waals surface area contributed by atoms with Gasteiger partial charge in [-0.25, -0.2) is 0 Å². The average molecular weight is 230 g/mol. The van der Waals surface area contributed by atoms with Gasteiger partial charge < -0.3 is 0 Å². The predicted octanol–water partition coefficient (Wildman–Crippen LogP) is 4.96. The maximum Gasteiger partial charge on any atom is 0.0119 e. The van der Waals surface area contributed by atoms with Crippen LogP contribution in [-0.2, 0) is 0 Å². The second-order valence-electron chi connectivity index (χ2n) is 4.60. The smallest absolute Gasteiger partial charge is 0.0119 e. The lowest BCUT2D eigenvalue weighted by Crippen LogP contribution is -2.01. The molecule has 0 spiro atoms. The summed E-state index contributed by atoms with van der Waals surface area (Å²) in [7, 11) is 0. The number of thioether (sulfide) groups is 1. The average Bonchev–Trinajstić information content (AvgIpc) is 2.25. The van der Waals surface area contributed by atoms with Gasteiger partial charge in [0.25, 0.3) is 0 Å². The molecule has 1 aliphatic carbocycles. The molecule has 0 saturated carbocycles. The predicted molar refractivity (Wildman–Crippen MR) is 72.7 cm³/mol. The van der Waals surface area contributed by atoms with Crippen molar-refractivity contribution in [2.75, 3.05) is 0 Å². The maximum atomic E-state index is 2.31. The Bertz CT molecular complexity index is 423. The minimum Gasteiger partial charge on any atom is -0.0943 e. The molecule has 1 unspecified atom stereocenters. The Morgan fingerprint density at radius 1 is 1.06 bits per heavy atom. The van der Waals surface area contributed by atoms with Gasteiger partial charge in [0, 0.05) is 4.90 Å². The normalized spacial score (nSPS) is 20.3. The lowest BCUT2D eigenvalue weighted by molar-refractivity contribution is 0.696. The Morgan fingerprint density at radius 3 is 2.38 bits per heavy atom. The van der Waals surface area contributed by atoms with E-state index >= 15 is 0 Å². The third-order valence-electron chi connectivity index (χ3n) is 2.90. The zero-order chi connectivity index (χ0) is 11.5. The van der Waals surface area contributed by atoms with E-state index in [4.69, 9.17) is 0 Å². The van der Waals surface area contributed by atoms with Crippen LogP contribution in [0.25, 0.3) is 0 Å². The van der Waals surface area contributed by atoms with Crippen molar-refractivity contribution in [2.45, 2.75) is 32.1 Å². The molecule has 0 aliphatic heterocycles. The zero-order valence-corrected chi connectivity index (χ0v) is 11.0. The molecule has 0 nitrogen and oxygen atoms in total. The number of hydrogen-bond acceptors (Lipinski definition) is 1. The van der Waals surface area contributed by atoms with Crippen LogP contribution < -0.4 is 0 Å². The van der Waals surface area contributed by atoms with Crippen LogP contribution in [0.15, 0.2) is 51.8 Å². The van der Waals surface area contributed by atoms with E-state index in [1.54, 1.807) is 0 Å². The highest BCUT2D eigenvalue weighted by molar-refractivity contribution is 8.03. The van der Waals surface area contributed by atoms with Gasteiger partial charge in [0.1, 0.15) is 0 Å². The van der Waals surface area contributed by atoms with Crippen LogP contribution in [0.3, 0.4) is 0 Å². The summed E-state index contributed by atoms with van der Waals surface area (Å²) >= 11 is 1.90. The number of aryl methyl sites for hydroxylation is 1.